The number of hydrogen-bond donors (Lipinski definition) is 2. The van der Waals surface area contributed by atoms with Gasteiger partial charge in [0.15, 0.2) is 5.11 Å². The summed E-state index contributed by atoms with van der Waals surface area (Å²) < 4.78 is 0. The summed E-state index contributed by atoms with van der Waals surface area (Å²) in [7, 11) is 4.07. The number of likely N-dealkylation sites (N-methyl/N-ethyl adjacent to an activating group) is 2. The highest BCUT2D eigenvalue weighted by molar-refractivity contribution is 7.80. The van der Waals surface area contributed by atoms with Crippen LogP contribution >= 0.6 is 12.2 Å². The van der Waals surface area contributed by atoms with Crippen LogP contribution in [0.4, 0.5) is 0 Å². The molecule has 2 rings (SSSR count). The maximum atomic E-state index is 12.5. The zero-order chi connectivity index (χ0) is 15.4. The molecular weight excluding hydrogens is 284 g/mol. The summed E-state index contributed by atoms with van der Waals surface area (Å²) >= 11 is 5.14. The van der Waals surface area contributed by atoms with Crippen LogP contribution in [0.3, 0.4) is 0 Å². The summed E-state index contributed by atoms with van der Waals surface area (Å²) in [4.78, 5) is 16.7. The Bertz CT molecular complexity index is 384. The Balaban J connectivity index is 1.77. The molecule has 0 aromatic heterocycles. The van der Waals surface area contributed by atoms with Crippen LogP contribution in [0, 0.1) is 0 Å². The SMILES string of the molecule is C[C@@H]1C[C@@H](C(=O)N(C)CCN(C)C2CCCC2)NC(=S)N1. The molecule has 1 aliphatic heterocycles. The van der Waals surface area contributed by atoms with Gasteiger partial charge >= 0.3 is 0 Å². The molecule has 1 heterocycles. The van der Waals surface area contributed by atoms with Gasteiger partial charge in [-0.2, -0.15) is 0 Å². The van der Waals surface area contributed by atoms with Crippen LogP contribution in [0.2, 0.25) is 0 Å². The van der Waals surface area contributed by atoms with Gasteiger partial charge in [-0.1, -0.05) is 12.8 Å². The van der Waals surface area contributed by atoms with E-state index in [2.05, 4.69) is 29.5 Å². The first-order valence-corrected chi connectivity index (χ1v) is 8.40. The largest absolute Gasteiger partial charge is 0.360 e. The maximum Gasteiger partial charge on any atom is 0.244 e. The molecule has 6 heteroatoms. The van der Waals surface area contributed by atoms with Crippen LogP contribution in [-0.2, 0) is 4.79 Å². The molecule has 0 bridgehead atoms. The van der Waals surface area contributed by atoms with Crippen molar-refractivity contribution in [3.8, 4) is 0 Å². The summed E-state index contributed by atoms with van der Waals surface area (Å²) in [6, 6.07) is 0.774. The quantitative estimate of drug-likeness (QED) is 0.740. The van der Waals surface area contributed by atoms with E-state index in [0.29, 0.717) is 11.2 Å². The molecule has 2 N–H and O–H groups in total. The van der Waals surface area contributed by atoms with Gasteiger partial charge in [-0.05, 0) is 45.5 Å². The van der Waals surface area contributed by atoms with Crippen molar-refractivity contribution in [2.75, 3.05) is 27.2 Å². The highest BCUT2D eigenvalue weighted by Crippen LogP contribution is 2.22. The summed E-state index contributed by atoms with van der Waals surface area (Å²) in [5.74, 6) is 0.144. The van der Waals surface area contributed by atoms with Gasteiger partial charge in [0.05, 0.1) is 0 Å². The Hall–Kier alpha value is -0.880. The zero-order valence-electron chi connectivity index (χ0n) is 13.4. The summed E-state index contributed by atoms with van der Waals surface area (Å²) in [5, 5.41) is 6.80. The number of rotatable bonds is 5. The average molecular weight is 312 g/mol. The molecule has 0 aromatic carbocycles. The lowest BCUT2D eigenvalue weighted by atomic mass is 10.1. The second-order valence-electron chi connectivity index (χ2n) is 6.49. The molecule has 2 fully saturated rings. The minimum atomic E-state index is -0.185. The van der Waals surface area contributed by atoms with Crippen LogP contribution < -0.4 is 10.6 Å². The molecule has 120 valence electrons. The lowest BCUT2D eigenvalue weighted by Crippen LogP contribution is -2.58. The lowest BCUT2D eigenvalue weighted by Gasteiger charge is -2.33. The van der Waals surface area contributed by atoms with Crippen molar-refractivity contribution < 1.29 is 4.79 Å². The monoisotopic (exact) mass is 312 g/mol. The van der Waals surface area contributed by atoms with E-state index in [1.54, 1.807) is 0 Å². The molecule has 2 atom stereocenters. The summed E-state index contributed by atoms with van der Waals surface area (Å²) in [6.07, 6.45) is 6.07. The van der Waals surface area contributed by atoms with E-state index in [1.807, 2.05) is 11.9 Å². The van der Waals surface area contributed by atoms with Gasteiger partial charge in [-0.3, -0.25) is 4.79 Å². The maximum absolute atomic E-state index is 12.5. The van der Waals surface area contributed by atoms with E-state index in [9.17, 15) is 4.79 Å². The van der Waals surface area contributed by atoms with Crippen molar-refractivity contribution in [2.24, 2.45) is 0 Å². The first kappa shape index (κ1) is 16.5. The third-order valence-electron chi connectivity index (χ3n) is 4.68. The van der Waals surface area contributed by atoms with Gasteiger partial charge in [0, 0.05) is 32.2 Å². The Morgan fingerprint density at radius 2 is 1.90 bits per heavy atom. The highest BCUT2D eigenvalue weighted by atomic mass is 32.1. The van der Waals surface area contributed by atoms with Crippen LogP contribution in [0.15, 0.2) is 0 Å². The molecule has 1 aliphatic carbocycles. The Labute approximate surface area is 133 Å². The molecular formula is C15H28N4OS. The smallest absolute Gasteiger partial charge is 0.244 e. The fraction of sp³-hybridized carbons (Fsp3) is 0.867. The average Bonchev–Trinajstić information content (AvgIpc) is 2.96. The Morgan fingerprint density at radius 1 is 1.24 bits per heavy atom. The fourth-order valence-electron chi connectivity index (χ4n) is 3.27. The predicted molar refractivity (Wildman–Crippen MR) is 89.3 cm³/mol. The number of thiocarbonyl (C=S) groups is 1. The Kier molecular flexibility index (Phi) is 5.81. The third kappa shape index (κ3) is 4.54. The molecule has 5 nitrogen and oxygen atoms in total. The molecule has 0 aromatic rings. The van der Waals surface area contributed by atoms with Gasteiger partial charge in [0.25, 0.3) is 0 Å². The molecule has 1 saturated heterocycles. The molecule has 1 saturated carbocycles. The molecule has 0 unspecified atom stereocenters. The minimum Gasteiger partial charge on any atom is -0.360 e. The van der Waals surface area contributed by atoms with Gasteiger partial charge in [-0.25, -0.2) is 0 Å². The molecule has 2 aliphatic rings. The van der Waals surface area contributed by atoms with Gasteiger partial charge in [0.2, 0.25) is 5.91 Å². The number of nitrogens with one attached hydrogen (secondary N) is 2. The first-order chi connectivity index (χ1) is 9.97. The number of carbonyl (C=O) groups is 1. The third-order valence-corrected chi connectivity index (χ3v) is 4.92. The summed E-state index contributed by atoms with van der Waals surface area (Å²) in [5.41, 5.74) is 0. The topological polar surface area (TPSA) is 47.6 Å². The highest BCUT2D eigenvalue weighted by Gasteiger charge is 2.29. The standard InChI is InChI=1S/C15H28N4OS/c1-11-10-13(17-15(21)16-11)14(20)19(3)9-8-18(2)12-6-4-5-7-12/h11-13H,4-10H2,1-3H3,(H2,16,17,21)/t11-,13+/m1/s1. The van der Waals surface area contributed by atoms with Gasteiger partial charge in [-0.15, -0.1) is 0 Å². The number of amides is 1. The van der Waals surface area contributed by atoms with E-state index in [1.165, 1.54) is 25.7 Å². The van der Waals surface area contributed by atoms with Crippen molar-refractivity contribution in [3.05, 3.63) is 0 Å². The van der Waals surface area contributed by atoms with Crippen molar-refractivity contribution in [1.29, 1.82) is 0 Å². The van der Waals surface area contributed by atoms with Crippen molar-refractivity contribution in [3.63, 3.8) is 0 Å². The first-order valence-electron chi connectivity index (χ1n) is 7.99. The van der Waals surface area contributed by atoms with Crippen LogP contribution in [-0.4, -0.2) is 66.1 Å². The van der Waals surface area contributed by atoms with Crippen LogP contribution in [0.25, 0.3) is 0 Å². The van der Waals surface area contributed by atoms with Gasteiger partial charge in [0.1, 0.15) is 6.04 Å². The summed E-state index contributed by atoms with van der Waals surface area (Å²) in [6.45, 7) is 3.78. The van der Waals surface area contributed by atoms with Crippen LogP contribution in [0.5, 0.6) is 0 Å². The number of hydrogen-bond acceptors (Lipinski definition) is 3. The second kappa shape index (κ2) is 7.40. The Morgan fingerprint density at radius 3 is 2.52 bits per heavy atom. The normalized spacial score (nSPS) is 26.6. The fourth-order valence-corrected chi connectivity index (χ4v) is 3.61. The van der Waals surface area contributed by atoms with E-state index in [0.717, 1.165) is 19.5 Å². The minimum absolute atomic E-state index is 0.144. The van der Waals surface area contributed by atoms with Crippen molar-refractivity contribution >= 4 is 23.2 Å². The molecule has 21 heavy (non-hydrogen) atoms. The number of nitrogens with zero attached hydrogens (tertiary/aromatic N) is 2. The zero-order valence-corrected chi connectivity index (χ0v) is 14.2. The van der Waals surface area contributed by atoms with E-state index in [-0.39, 0.29) is 18.0 Å². The van der Waals surface area contributed by atoms with E-state index in [4.69, 9.17) is 12.2 Å². The second-order valence-corrected chi connectivity index (χ2v) is 6.89. The molecule has 0 spiro atoms. The van der Waals surface area contributed by atoms with E-state index < -0.39 is 0 Å². The number of carbonyl (C=O) groups excluding carboxylic acids is 1. The lowest BCUT2D eigenvalue weighted by molar-refractivity contribution is -0.132. The van der Waals surface area contributed by atoms with E-state index >= 15 is 0 Å². The van der Waals surface area contributed by atoms with Crippen molar-refractivity contribution in [2.45, 2.75) is 57.2 Å². The predicted octanol–water partition coefficient (Wildman–Crippen LogP) is 0.944. The molecule has 0 radical (unpaired) electrons. The van der Waals surface area contributed by atoms with Crippen LogP contribution in [0.1, 0.15) is 39.0 Å². The van der Waals surface area contributed by atoms with Gasteiger partial charge < -0.3 is 20.4 Å². The molecule has 1 amide bonds. The van der Waals surface area contributed by atoms with Crippen molar-refractivity contribution in [1.82, 2.24) is 20.4 Å².